The second-order valence-electron chi connectivity index (χ2n) is 4.66. The molecule has 0 spiro atoms. The quantitative estimate of drug-likeness (QED) is 0.845. The third kappa shape index (κ3) is 3.95. The average molecular weight is 289 g/mol. The van der Waals surface area contributed by atoms with E-state index in [0.29, 0.717) is 23.3 Å². The molecule has 0 aliphatic carbocycles. The molecule has 2 rings (SSSR count). The first kappa shape index (κ1) is 14.8. The zero-order chi connectivity index (χ0) is 15.2. The molecule has 0 unspecified atom stereocenters. The van der Waals surface area contributed by atoms with E-state index in [-0.39, 0.29) is 6.04 Å². The molecular weight excluding hydrogens is 270 g/mol. The maximum Gasteiger partial charge on any atom is 0.249 e. The van der Waals surface area contributed by atoms with Crippen molar-refractivity contribution >= 4 is 17.5 Å². The Hall–Kier alpha value is -2.57. The molecule has 1 aromatic carbocycles. The Bertz CT molecular complexity index is 604. The van der Waals surface area contributed by atoms with Crippen LogP contribution < -0.4 is 20.1 Å². The first-order valence-electron chi connectivity index (χ1n) is 6.57. The molecular formula is C14H19N5O2. The van der Waals surface area contributed by atoms with Crippen molar-refractivity contribution in [1.82, 2.24) is 15.2 Å². The standard InChI is InChI=1S/C14H19N5O2/c1-9(2)16-13-8-15-19-14(18-13)17-10-5-6-11(20-3)12(7-10)21-4/h5-9H,1-4H3,(H2,16,17,18,19). The van der Waals surface area contributed by atoms with E-state index >= 15 is 0 Å². The number of ether oxygens (including phenoxy) is 2. The van der Waals surface area contributed by atoms with Gasteiger partial charge in [-0.2, -0.15) is 10.1 Å². The zero-order valence-corrected chi connectivity index (χ0v) is 12.5. The second-order valence-corrected chi connectivity index (χ2v) is 4.66. The van der Waals surface area contributed by atoms with Crippen molar-refractivity contribution < 1.29 is 9.47 Å². The molecule has 1 heterocycles. The molecule has 21 heavy (non-hydrogen) atoms. The Morgan fingerprint density at radius 1 is 1.10 bits per heavy atom. The van der Waals surface area contributed by atoms with Crippen molar-refractivity contribution in [2.24, 2.45) is 0 Å². The lowest BCUT2D eigenvalue weighted by molar-refractivity contribution is 0.355. The first-order chi connectivity index (χ1) is 10.1. The molecule has 7 heteroatoms. The van der Waals surface area contributed by atoms with E-state index in [2.05, 4.69) is 25.8 Å². The number of hydrogen-bond acceptors (Lipinski definition) is 7. The van der Waals surface area contributed by atoms with Crippen molar-refractivity contribution in [2.45, 2.75) is 19.9 Å². The second kappa shape index (κ2) is 6.74. The van der Waals surface area contributed by atoms with Gasteiger partial charge < -0.3 is 20.1 Å². The Morgan fingerprint density at radius 3 is 2.52 bits per heavy atom. The minimum Gasteiger partial charge on any atom is -0.493 e. The highest BCUT2D eigenvalue weighted by Gasteiger charge is 2.07. The van der Waals surface area contributed by atoms with Gasteiger partial charge in [0.1, 0.15) is 0 Å². The summed E-state index contributed by atoms with van der Waals surface area (Å²) in [7, 11) is 3.19. The third-order valence-electron chi connectivity index (χ3n) is 2.64. The monoisotopic (exact) mass is 289 g/mol. The Labute approximate surface area is 123 Å². The van der Waals surface area contributed by atoms with Crippen molar-refractivity contribution in [3.63, 3.8) is 0 Å². The molecule has 112 valence electrons. The van der Waals surface area contributed by atoms with Crippen molar-refractivity contribution in [2.75, 3.05) is 24.9 Å². The summed E-state index contributed by atoms with van der Waals surface area (Å²) in [5, 5.41) is 14.1. The Kier molecular flexibility index (Phi) is 4.76. The van der Waals surface area contributed by atoms with Gasteiger partial charge in [-0.25, -0.2) is 0 Å². The number of methoxy groups -OCH3 is 2. The maximum absolute atomic E-state index is 5.26. The van der Waals surface area contributed by atoms with E-state index in [9.17, 15) is 0 Å². The summed E-state index contributed by atoms with van der Waals surface area (Å²) < 4.78 is 10.5. The lowest BCUT2D eigenvalue weighted by Gasteiger charge is -2.11. The molecule has 0 radical (unpaired) electrons. The van der Waals surface area contributed by atoms with Crippen LogP contribution in [0.1, 0.15) is 13.8 Å². The smallest absolute Gasteiger partial charge is 0.249 e. The Balaban J connectivity index is 2.18. The molecule has 0 aliphatic rings. The molecule has 7 nitrogen and oxygen atoms in total. The number of rotatable bonds is 6. The van der Waals surface area contributed by atoms with Crippen LogP contribution in [0.3, 0.4) is 0 Å². The largest absolute Gasteiger partial charge is 0.493 e. The van der Waals surface area contributed by atoms with Crippen LogP contribution in [0.25, 0.3) is 0 Å². The van der Waals surface area contributed by atoms with Gasteiger partial charge in [-0.05, 0) is 26.0 Å². The number of aromatic nitrogens is 3. The van der Waals surface area contributed by atoms with E-state index in [0.717, 1.165) is 5.69 Å². The summed E-state index contributed by atoms with van der Waals surface area (Å²) in [4.78, 5) is 4.34. The molecule has 1 aromatic heterocycles. The molecule has 0 atom stereocenters. The fourth-order valence-corrected chi connectivity index (χ4v) is 1.76. The molecule has 0 saturated carbocycles. The van der Waals surface area contributed by atoms with Crippen LogP contribution in [0, 0.1) is 0 Å². The van der Waals surface area contributed by atoms with Gasteiger partial charge in [0.25, 0.3) is 0 Å². The molecule has 0 aliphatic heterocycles. The van der Waals surface area contributed by atoms with Crippen LogP contribution in [-0.4, -0.2) is 35.4 Å². The highest BCUT2D eigenvalue weighted by atomic mass is 16.5. The van der Waals surface area contributed by atoms with Gasteiger partial charge in [0.2, 0.25) is 5.95 Å². The number of nitrogens with zero attached hydrogens (tertiary/aromatic N) is 3. The van der Waals surface area contributed by atoms with E-state index in [1.807, 2.05) is 32.0 Å². The van der Waals surface area contributed by atoms with Crippen LogP contribution in [0.2, 0.25) is 0 Å². The highest BCUT2D eigenvalue weighted by molar-refractivity contribution is 5.60. The topological polar surface area (TPSA) is 81.2 Å². The van der Waals surface area contributed by atoms with Gasteiger partial charge >= 0.3 is 0 Å². The summed E-state index contributed by atoms with van der Waals surface area (Å²) in [5.74, 6) is 2.38. The summed E-state index contributed by atoms with van der Waals surface area (Å²) >= 11 is 0. The van der Waals surface area contributed by atoms with Crippen molar-refractivity contribution in [3.05, 3.63) is 24.4 Å². The highest BCUT2D eigenvalue weighted by Crippen LogP contribution is 2.30. The van der Waals surface area contributed by atoms with Crippen LogP contribution in [0.15, 0.2) is 24.4 Å². The molecule has 2 aromatic rings. The van der Waals surface area contributed by atoms with E-state index in [1.165, 1.54) is 0 Å². The van der Waals surface area contributed by atoms with Gasteiger partial charge in [0.15, 0.2) is 17.3 Å². The minimum atomic E-state index is 0.274. The number of anilines is 3. The number of hydrogen-bond donors (Lipinski definition) is 2. The van der Waals surface area contributed by atoms with Crippen molar-refractivity contribution in [1.29, 1.82) is 0 Å². The van der Waals surface area contributed by atoms with Crippen LogP contribution in [0.4, 0.5) is 17.5 Å². The first-order valence-corrected chi connectivity index (χ1v) is 6.57. The van der Waals surface area contributed by atoms with Gasteiger partial charge in [-0.15, -0.1) is 5.10 Å². The van der Waals surface area contributed by atoms with Crippen LogP contribution in [-0.2, 0) is 0 Å². The zero-order valence-electron chi connectivity index (χ0n) is 12.5. The number of nitrogens with one attached hydrogen (secondary N) is 2. The lowest BCUT2D eigenvalue weighted by Crippen LogP contribution is -2.12. The molecule has 0 bridgehead atoms. The Morgan fingerprint density at radius 2 is 1.86 bits per heavy atom. The normalized spacial score (nSPS) is 10.3. The predicted octanol–water partition coefficient (Wildman–Crippen LogP) is 2.45. The minimum absolute atomic E-state index is 0.274. The molecule has 0 amide bonds. The number of benzene rings is 1. The van der Waals surface area contributed by atoms with E-state index in [4.69, 9.17) is 9.47 Å². The summed E-state index contributed by atoms with van der Waals surface area (Å²) in [5.41, 5.74) is 0.788. The van der Waals surface area contributed by atoms with Gasteiger partial charge in [-0.1, -0.05) is 0 Å². The summed E-state index contributed by atoms with van der Waals surface area (Å²) in [6, 6.07) is 5.75. The summed E-state index contributed by atoms with van der Waals surface area (Å²) in [6.45, 7) is 4.06. The lowest BCUT2D eigenvalue weighted by atomic mass is 10.3. The average Bonchev–Trinajstić information content (AvgIpc) is 2.46. The fraction of sp³-hybridized carbons (Fsp3) is 0.357. The fourth-order valence-electron chi connectivity index (χ4n) is 1.76. The molecule has 0 saturated heterocycles. The SMILES string of the molecule is COc1ccc(Nc2nncc(NC(C)C)n2)cc1OC. The predicted molar refractivity (Wildman–Crippen MR) is 81.4 cm³/mol. The van der Waals surface area contributed by atoms with Crippen LogP contribution >= 0.6 is 0 Å². The van der Waals surface area contributed by atoms with E-state index < -0.39 is 0 Å². The van der Waals surface area contributed by atoms with E-state index in [1.54, 1.807) is 20.4 Å². The maximum atomic E-state index is 5.26. The van der Waals surface area contributed by atoms with Crippen LogP contribution in [0.5, 0.6) is 11.5 Å². The van der Waals surface area contributed by atoms with Gasteiger partial charge in [0, 0.05) is 17.8 Å². The van der Waals surface area contributed by atoms with Crippen molar-refractivity contribution in [3.8, 4) is 11.5 Å². The summed E-state index contributed by atoms with van der Waals surface area (Å²) in [6.07, 6.45) is 1.58. The molecule has 2 N–H and O–H groups in total. The van der Waals surface area contributed by atoms with Gasteiger partial charge in [0.05, 0.1) is 20.4 Å². The third-order valence-corrected chi connectivity index (χ3v) is 2.64. The van der Waals surface area contributed by atoms with Gasteiger partial charge in [-0.3, -0.25) is 0 Å². The molecule has 0 fully saturated rings.